The molecule has 2 aromatic rings. The summed E-state index contributed by atoms with van der Waals surface area (Å²) in [7, 11) is 2.90. The van der Waals surface area contributed by atoms with Crippen LogP contribution in [-0.2, 0) is 20.8 Å². The predicted octanol–water partition coefficient (Wildman–Crippen LogP) is 0.590. The van der Waals surface area contributed by atoms with Gasteiger partial charge in [-0.25, -0.2) is 0 Å². The average Bonchev–Trinajstić information content (AvgIpc) is 2.90. The van der Waals surface area contributed by atoms with Crippen molar-refractivity contribution >= 4 is 23.2 Å². The number of amides is 1. The number of likely N-dealkylation sites (N-methyl/N-ethyl adjacent to an activating group) is 1. The number of carbonyl (C=O) groups is 3. The van der Waals surface area contributed by atoms with Crippen molar-refractivity contribution in [1.82, 2.24) is 4.90 Å². The molecule has 0 aromatic heterocycles. The molecule has 206 valence electrons. The number of fused-ring (bicyclic) bond motifs is 3. The third kappa shape index (κ3) is 3.57. The number of aromatic hydroxyl groups is 1. The van der Waals surface area contributed by atoms with Crippen molar-refractivity contribution in [3.8, 4) is 11.8 Å². The highest BCUT2D eigenvalue weighted by molar-refractivity contribution is 6.24. The van der Waals surface area contributed by atoms with Gasteiger partial charge in [0.2, 0.25) is 5.78 Å². The van der Waals surface area contributed by atoms with Gasteiger partial charge in [-0.15, -0.1) is 0 Å². The Kier molecular flexibility index (Phi) is 6.30. The van der Waals surface area contributed by atoms with Crippen molar-refractivity contribution < 1.29 is 39.9 Å². The molecule has 0 radical (unpaired) electrons. The van der Waals surface area contributed by atoms with Crippen molar-refractivity contribution in [2.75, 3.05) is 14.1 Å². The zero-order valence-corrected chi connectivity index (χ0v) is 21.6. The molecule has 11 heteroatoms. The van der Waals surface area contributed by atoms with Gasteiger partial charge in [0.05, 0.1) is 35.3 Å². The summed E-state index contributed by atoms with van der Waals surface area (Å²) >= 11 is 0. The molecule has 2 aromatic carbocycles. The van der Waals surface area contributed by atoms with Crippen molar-refractivity contribution in [1.29, 1.82) is 5.26 Å². The van der Waals surface area contributed by atoms with E-state index in [1.807, 2.05) is 6.07 Å². The molecule has 6 atom stereocenters. The third-order valence-corrected chi connectivity index (χ3v) is 8.34. The number of benzene rings is 2. The lowest BCUT2D eigenvalue weighted by molar-refractivity contribution is -0.169. The molecule has 1 saturated carbocycles. The van der Waals surface area contributed by atoms with E-state index >= 15 is 0 Å². The Morgan fingerprint density at radius 2 is 1.75 bits per heavy atom. The van der Waals surface area contributed by atoms with E-state index in [-0.39, 0.29) is 17.7 Å². The maximum absolute atomic E-state index is 14.2. The van der Waals surface area contributed by atoms with E-state index in [0.29, 0.717) is 16.7 Å². The molecule has 1 fully saturated rings. The molecule has 0 aliphatic heterocycles. The van der Waals surface area contributed by atoms with Gasteiger partial charge in [0, 0.05) is 11.5 Å². The summed E-state index contributed by atoms with van der Waals surface area (Å²) in [4.78, 5) is 41.0. The Bertz CT molecular complexity index is 1570. The highest BCUT2D eigenvalue weighted by Gasteiger charge is 2.68. The van der Waals surface area contributed by atoms with Crippen LogP contribution in [0.3, 0.4) is 0 Å². The number of Topliss-reactive ketones (excluding diaryl/α,β-unsaturated/α-hetero) is 2. The largest absolute Gasteiger partial charge is 0.508 e. The monoisotopic (exact) mass is 545 g/mol. The van der Waals surface area contributed by atoms with Crippen LogP contribution in [0.4, 0.5) is 0 Å². The van der Waals surface area contributed by atoms with Gasteiger partial charge in [0.15, 0.2) is 11.4 Å². The summed E-state index contributed by atoms with van der Waals surface area (Å²) in [5.74, 6) is -9.50. The first kappa shape index (κ1) is 27.1. The molecule has 1 amide bonds. The molecule has 3 aliphatic carbocycles. The fraction of sp³-hybridized carbons (Fsp3) is 0.310. The van der Waals surface area contributed by atoms with Gasteiger partial charge in [-0.1, -0.05) is 24.3 Å². The Morgan fingerprint density at radius 3 is 2.33 bits per heavy atom. The lowest BCUT2D eigenvalue weighted by atomic mass is 9.53. The number of nitrogens with zero attached hydrogens (tertiary/aromatic N) is 2. The lowest BCUT2D eigenvalue weighted by Gasteiger charge is -2.54. The summed E-state index contributed by atoms with van der Waals surface area (Å²) in [5.41, 5.74) is 2.40. The Morgan fingerprint density at radius 1 is 1.10 bits per heavy atom. The van der Waals surface area contributed by atoms with E-state index in [4.69, 9.17) is 11.0 Å². The number of hydrogen-bond acceptors (Lipinski definition) is 10. The predicted molar refractivity (Wildman–Crippen MR) is 140 cm³/mol. The lowest BCUT2D eigenvalue weighted by Crippen LogP contribution is -2.70. The number of carbonyl (C=O) groups excluding carboxylic acids is 3. The summed E-state index contributed by atoms with van der Waals surface area (Å²) in [6.07, 6.45) is -1.53. The van der Waals surface area contributed by atoms with Crippen molar-refractivity contribution in [2.45, 2.75) is 30.1 Å². The second-order valence-corrected chi connectivity index (χ2v) is 10.6. The first-order chi connectivity index (χ1) is 18.9. The number of primary amides is 1. The zero-order valence-electron chi connectivity index (χ0n) is 21.6. The summed E-state index contributed by atoms with van der Waals surface area (Å²) in [6, 6.07) is 11.7. The first-order valence-electron chi connectivity index (χ1n) is 12.5. The standard InChI is InChI=1S/C29H27N3O8/c1-32(2)22-21-24(35)18-15(10-12-6-8-13(11-30)9-7-12)14-4-3-5-16(33)17(14)23(34)19(18)26(37)29(21,40)27(38)20(25(22)36)28(31)39/h3-9,15,18,21-22,24,33-35,38,40H,10H2,1-2H3,(H2,31,39)/t15?,18-,21-,22+,24+,29+/m1/s1. The molecular weight excluding hydrogens is 518 g/mol. The molecule has 0 heterocycles. The maximum Gasteiger partial charge on any atom is 0.255 e. The molecule has 1 unspecified atom stereocenters. The minimum atomic E-state index is -2.98. The van der Waals surface area contributed by atoms with Crippen molar-refractivity contribution in [3.63, 3.8) is 0 Å². The maximum atomic E-state index is 14.2. The van der Waals surface area contributed by atoms with Crippen LogP contribution in [0.25, 0.3) is 5.76 Å². The Hall–Kier alpha value is -4.50. The van der Waals surface area contributed by atoms with E-state index in [2.05, 4.69) is 0 Å². The zero-order chi connectivity index (χ0) is 29.3. The fourth-order valence-corrected chi connectivity index (χ4v) is 6.61. The van der Waals surface area contributed by atoms with Gasteiger partial charge < -0.3 is 31.3 Å². The number of phenolic OH excluding ortho intramolecular Hbond substituents is 1. The summed E-state index contributed by atoms with van der Waals surface area (Å²) in [5, 5.41) is 65.9. The molecule has 0 saturated heterocycles. The SMILES string of the molecule is CN(C)[C@@H]1C(=O)C(C(N)=O)=C(O)[C@@]2(O)C(=O)C3=C(O)c4c(O)cccc4C(Cc4ccc(C#N)cc4)[C@H]3[C@H](O)[C@@H]12. The van der Waals surface area contributed by atoms with Crippen molar-refractivity contribution in [2.24, 2.45) is 17.6 Å². The average molecular weight is 546 g/mol. The Labute approximate surface area is 228 Å². The third-order valence-electron chi connectivity index (χ3n) is 8.34. The number of nitrogens with two attached hydrogens (primary N) is 1. The smallest absolute Gasteiger partial charge is 0.255 e. The molecule has 40 heavy (non-hydrogen) atoms. The Balaban J connectivity index is 1.78. The fourth-order valence-electron chi connectivity index (χ4n) is 6.61. The van der Waals surface area contributed by atoms with Crippen LogP contribution in [0.2, 0.25) is 0 Å². The van der Waals surface area contributed by atoms with Crippen LogP contribution >= 0.6 is 0 Å². The summed E-state index contributed by atoms with van der Waals surface area (Å²) < 4.78 is 0. The van der Waals surface area contributed by atoms with Gasteiger partial charge in [-0.3, -0.25) is 19.3 Å². The highest BCUT2D eigenvalue weighted by Crippen LogP contribution is 2.56. The van der Waals surface area contributed by atoms with E-state index < -0.39 is 75.6 Å². The molecule has 0 spiro atoms. The van der Waals surface area contributed by atoms with Gasteiger partial charge in [-0.05, 0) is 55.8 Å². The van der Waals surface area contributed by atoms with E-state index in [1.165, 1.54) is 25.1 Å². The van der Waals surface area contributed by atoms with E-state index in [0.717, 1.165) is 0 Å². The van der Waals surface area contributed by atoms with E-state index in [1.54, 1.807) is 36.4 Å². The summed E-state index contributed by atoms with van der Waals surface area (Å²) in [6.45, 7) is 0. The van der Waals surface area contributed by atoms with E-state index in [9.17, 15) is 39.9 Å². The molecule has 11 nitrogen and oxygen atoms in total. The number of aliphatic hydroxyl groups excluding tert-OH is 3. The minimum absolute atomic E-state index is 0.0790. The van der Waals surface area contributed by atoms with Gasteiger partial charge in [-0.2, -0.15) is 5.26 Å². The minimum Gasteiger partial charge on any atom is -0.508 e. The van der Waals surface area contributed by atoms with Crippen LogP contribution in [0, 0.1) is 23.2 Å². The number of nitriles is 1. The second-order valence-electron chi connectivity index (χ2n) is 10.6. The van der Waals surface area contributed by atoms with Gasteiger partial charge >= 0.3 is 0 Å². The quantitative estimate of drug-likeness (QED) is 0.295. The second kappa shape index (κ2) is 9.31. The van der Waals surface area contributed by atoms with Crippen LogP contribution in [0.1, 0.15) is 28.2 Å². The number of phenols is 1. The van der Waals surface area contributed by atoms with Crippen molar-refractivity contribution in [3.05, 3.63) is 81.6 Å². The number of hydrogen-bond donors (Lipinski definition) is 6. The molecular formula is C29H27N3O8. The topological polar surface area (TPSA) is 205 Å². The first-order valence-corrected chi connectivity index (χ1v) is 12.5. The van der Waals surface area contributed by atoms with Gasteiger partial charge in [0.25, 0.3) is 5.91 Å². The highest BCUT2D eigenvalue weighted by atomic mass is 16.4. The van der Waals surface area contributed by atoms with Crippen LogP contribution < -0.4 is 5.73 Å². The van der Waals surface area contributed by atoms with Gasteiger partial charge in [0.1, 0.15) is 22.8 Å². The molecule has 3 aliphatic rings. The number of ketones is 2. The molecule has 5 rings (SSSR count). The van der Waals surface area contributed by atoms with Crippen LogP contribution in [-0.4, -0.2) is 79.7 Å². The molecule has 0 bridgehead atoms. The number of rotatable bonds is 4. The molecule has 7 N–H and O–H groups in total. The number of aliphatic hydroxyl groups is 4. The normalized spacial score (nSPS) is 29.6. The van der Waals surface area contributed by atoms with Crippen LogP contribution in [0.5, 0.6) is 5.75 Å². The van der Waals surface area contributed by atoms with Crippen LogP contribution in [0.15, 0.2) is 59.4 Å².